The summed E-state index contributed by atoms with van der Waals surface area (Å²) in [6, 6.07) is 20.5. The Balaban J connectivity index is 1.61. The molecule has 0 unspecified atom stereocenters. The lowest BCUT2D eigenvalue weighted by Crippen LogP contribution is -2.39. The Morgan fingerprint density at radius 3 is 2.39 bits per heavy atom. The molecule has 0 saturated heterocycles. The van der Waals surface area contributed by atoms with Crippen molar-refractivity contribution in [2.45, 2.75) is 25.7 Å². The molecule has 4 rings (SSSR count). The minimum atomic E-state index is -4.15. The molecule has 1 amide bonds. The second-order valence-electron chi connectivity index (χ2n) is 9.30. The van der Waals surface area contributed by atoms with Gasteiger partial charge in [0.05, 0.1) is 31.0 Å². The normalized spacial score (nSPS) is 11.5. The molecule has 11 heteroatoms. The van der Waals surface area contributed by atoms with Crippen LogP contribution in [0, 0.1) is 20.8 Å². The summed E-state index contributed by atoms with van der Waals surface area (Å²) in [6.45, 7) is 5.21. The predicted molar refractivity (Wildman–Crippen MR) is 161 cm³/mol. The zero-order chi connectivity index (χ0) is 29.7. The quantitative estimate of drug-likeness (QED) is 0.195. The molecule has 0 aliphatic rings. The summed E-state index contributed by atoms with van der Waals surface area (Å²) in [5, 5.41) is 4.74. The van der Waals surface area contributed by atoms with E-state index in [4.69, 9.17) is 21.1 Å². The SMILES string of the molecule is COc1ccc(N(CC(=O)N/N=C\c2cc(C)n(-c3cccc(Cl)c3)c2C)S(=O)(=O)c2ccc(C)cc2)c(OC)c1. The number of benzene rings is 3. The van der Waals surface area contributed by atoms with Crippen molar-refractivity contribution >= 4 is 39.4 Å². The number of halogens is 1. The maximum Gasteiger partial charge on any atom is 0.264 e. The van der Waals surface area contributed by atoms with E-state index < -0.39 is 22.5 Å². The third kappa shape index (κ3) is 6.55. The first-order chi connectivity index (χ1) is 19.5. The van der Waals surface area contributed by atoms with Crippen LogP contribution in [0.1, 0.15) is 22.5 Å². The molecule has 1 heterocycles. The molecule has 0 aliphatic heterocycles. The number of methoxy groups -OCH3 is 2. The second-order valence-corrected chi connectivity index (χ2v) is 11.6. The average molecular weight is 595 g/mol. The molecule has 0 bridgehead atoms. The fraction of sp³-hybridized carbons (Fsp3) is 0.200. The number of anilines is 1. The molecule has 3 aromatic carbocycles. The smallest absolute Gasteiger partial charge is 0.264 e. The number of carbonyl (C=O) groups excluding carboxylic acids is 1. The molecule has 1 aromatic heterocycles. The zero-order valence-electron chi connectivity index (χ0n) is 23.4. The summed E-state index contributed by atoms with van der Waals surface area (Å²) in [7, 11) is -1.24. The zero-order valence-corrected chi connectivity index (χ0v) is 25.0. The number of aromatic nitrogens is 1. The standard InChI is InChI=1S/C30H31ClN4O5S/c1-20-9-12-27(13-10-20)41(37,38)34(28-14-11-26(39-4)17-29(28)40-5)19-30(36)33-32-18-23-15-21(2)35(22(23)3)25-8-6-7-24(31)16-25/h6-18H,19H2,1-5H3,(H,33,36)/b32-18-. The molecule has 0 aliphatic carbocycles. The largest absolute Gasteiger partial charge is 0.497 e. The third-order valence-electron chi connectivity index (χ3n) is 6.48. The average Bonchev–Trinajstić information content (AvgIpc) is 3.23. The predicted octanol–water partition coefficient (Wildman–Crippen LogP) is 5.42. The van der Waals surface area contributed by atoms with Gasteiger partial charge in [-0.3, -0.25) is 9.10 Å². The van der Waals surface area contributed by atoms with Crippen molar-refractivity contribution in [2.24, 2.45) is 5.10 Å². The van der Waals surface area contributed by atoms with Gasteiger partial charge in [-0.25, -0.2) is 13.8 Å². The van der Waals surface area contributed by atoms with Crippen LogP contribution in [0.2, 0.25) is 5.02 Å². The molecule has 214 valence electrons. The van der Waals surface area contributed by atoms with Gasteiger partial charge in [0.25, 0.3) is 15.9 Å². The van der Waals surface area contributed by atoms with Crippen LogP contribution in [-0.2, 0) is 14.8 Å². The van der Waals surface area contributed by atoms with E-state index in [0.717, 1.165) is 32.5 Å². The number of hydrogen-bond donors (Lipinski definition) is 1. The molecule has 0 fully saturated rings. The fourth-order valence-corrected chi connectivity index (χ4v) is 6.01. The lowest BCUT2D eigenvalue weighted by molar-refractivity contribution is -0.119. The number of rotatable bonds is 10. The number of carbonyl (C=O) groups is 1. The second kappa shape index (κ2) is 12.5. The van der Waals surface area contributed by atoms with Crippen LogP contribution in [0.15, 0.2) is 82.8 Å². The van der Waals surface area contributed by atoms with Gasteiger partial charge in [-0.1, -0.05) is 35.4 Å². The highest BCUT2D eigenvalue weighted by Gasteiger charge is 2.29. The maximum absolute atomic E-state index is 13.7. The third-order valence-corrected chi connectivity index (χ3v) is 8.49. The van der Waals surface area contributed by atoms with Crippen molar-refractivity contribution in [1.29, 1.82) is 0 Å². The first-order valence-corrected chi connectivity index (χ1v) is 14.4. The van der Waals surface area contributed by atoms with Crippen molar-refractivity contribution in [1.82, 2.24) is 9.99 Å². The van der Waals surface area contributed by atoms with E-state index in [2.05, 4.69) is 10.5 Å². The Kier molecular flexibility index (Phi) is 9.05. The van der Waals surface area contributed by atoms with Crippen molar-refractivity contribution in [3.8, 4) is 17.2 Å². The maximum atomic E-state index is 13.7. The van der Waals surface area contributed by atoms with E-state index in [9.17, 15) is 13.2 Å². The summed E-state index contributed by atoms with van der Waals surface area (Å²) in [6.07, 6.45) is 1.52. The Bertz CT molecular complexity index is 1700. The monoisotopic (exact) mass is 594 g/mol. The van der Waals surface area contributed by atoms with Gasteiger partial charge in [0.2, 0.25) is 0 Å². The number of amides is 1. The highest BCUT2D eigenvalue weighted by molar-refractivity contribution is 7.92. The highest BCUT2D eigenvalue weighted by atomic mass is 35.5. The minimum Gasteiger partial charge on any atom is -0.497 e. The molecule has 0 spiro atoms. The van der Waals surface area contributed by atoms with Crippen LogP contribution in [0.3, 0.4) is 0 Å². The van der Waals surface area contributed by atoms with Gasteiger partial charge in [-0.15, -0.1) is 0 Å². The lowest BCUT2D eigenvalue weighted by Gasteiger charge is -2.25. The van der Waals surface area contributed by atoms with Crippen molar-refractivity contribution in [2.75, 3.05) is 25.1 Å². The number of nitrogens with zero attached hydrogens (tertiary/aromatic N) is 3. The van der Waals surface area contributed by atoms with Gasteiger partial charge in [-0.05, 0) is 69.3 Å². The molecule has 0 atom stereocenters. The van der Waals surface area contributed by atoms with Crippen molar-refractivity contribution < 1.29 is 22.7 Å². The summed E-state index contributed by atoms with van der Waals surface area (Å²) >= 11 is 6.17. The first-order valence-electron chi connectivity index (χ1n) is 12.6. The van der Waals surface area contributed by atoms with Gasteiger partial charge in [0.1, 0.15) is 18.0 Å². The topological polar surface area (TPSA) is 102 Å². The van der Waals surface area contributed by atoms with Gasteiger partial charge >= 0.3 is 0 Å². The molecular formula is C30H31ClN4O5S. The Labute approximate surface area is 245 Å². The first kappa shape index (κ1) is 29.7. The van der Waals surface area contributed by atoms with Crippen molar-refractivity contribution in [3.05, 3.63) is 100 Å². The molecule has 1 N–H and O–H groups in total. The van der Waals surface area contributed by atoms with Crippen LogP contribution in [0.4, 0.5) is 5.69 Å². The Hall–Kier alpha value is -4.28. The van der Waals surface area contributed by atoms with Crippen LogP contribution in [0.5, 0.6) is 11.5 Å². The summed E-state index contributed by atoms with van der Waals surface area (Å²) in [5.41, 5.74) is 7.08. The number of hydrazone groups is 1. The molecular weight excluding hydrogens is 564 g/mol. The molecule has 4 aromatic rings. The summed E-state index contributed by atoms with van der Waals surface area (Å²) < 4.78 is 41.2. The molecule has 0 saturated carbocycles. The summed E-state index contributed by atoms with van der Waals surface area (Å²) in [4.78, 5) is 13.1. The number of nitrogens with one attached hydrogen (secondary N) is 1. The Morgan fingerprint density at radius 2 is 1.73 bits per heavy atom. The van der Waals surface area contributed by atoms with Crippen LogP contribution < -0.4 is 19.2 Å². The fourth-order valence-electron chi connectivity index (χ4n) is 4.40. The number of ether oxygens (including phenoxy) is 2. The van der Waals surface area contributed by atoms with E-state index in [-0.39, 0.29) is 16.3 Å². The van der Waals surface area contributed by atoms with Crippen molar-refractivity contribution in [3.63, 3.8) is 0 Å². The Morgan fingerprint density at radius 1 is 1.00 bits per heavy atom. The lowest BCUT2D eigenvalue weighted by atomic mass is 10.2. The van der Waals surface area contributed by atoms with E-state index >= 15 is 0 Å². The van der Waals surface area contributed by atoms with Crippen LogP contribution >= 0.6 is 11.6 Å². The highest BCUT2D eigenvalue weighted by Crippen LogP contribution is 2.35. The van der Waals surface area contributed by atoms with Gasteiger partial charge in [-0.2, -0.15) is 5.10 Å². The summed E-state index contributed by atoms with van der Waals surface area (Å²) in [5.74, 6) is 0.0611. The van der Waals surface area contributed by atoms with Crippen LogP contribution in [0.25, 0.3) is 5.69 Å². The van der Waals surface area contributed by atoms with E-state index in [1.807, 2.05) is 49.6 Å². The molecule has 9 nitrogen and oxygen atoms in total. The molecule has 41 heavy (non-hydrogen) atoms. The van der Waals surface area contributed by atoms with E-state index in [1.165, 1.54) is 38.6 Å². The van der Waals surface area contributed by atoms with Crippen LogP contribution in [-0.4, -0.2) is 45.9 Å². The number of sulfonamides is 1. The number of hydrogen-bond acceptors (Lipinski definition) is 6. The van der Waals surface area contributed by atoms with Gasteiger partial charge in [0, 0.05) is 33.7 Å². The van der Waals surface area contributed by atoms with E-state index in [1.54, 1.807) is 30.3 Å². The number of aryl methyl sites for hydroxylation is 2. The van der Waals surface area contributed by atoms with E-state index in [0.29, 0.717) is 10.8 Å². The molecule has 0 radical (unpaired) electrons. The van der Waals surface area contributed by atoms with Gasteiger partial charge < -0.3 is 14.0 Å². The minimum absolute atomic E-state index is 0.0331. The van der Waals surface area contributed by atoms with Gasteiger partial charge in [0.15, 0.2) is 0 Å².